The average Bonchev–Trinajstić information content (AvgIpc) is 2.35. The quantitative estimate of drug-likeness (QED) is 0.643. The Hall–Kier alpha value is -0.610. The lowest BCUT2D eigenvalue weighted by atomic mass is 10.0. The lowest BCUT2D eigenvalue weighted by Crippen LogP contribution is -2.58. The number of ether oxygens (including phenoxy) is 1. The summed E-state index contributed by atoms with van der Waals surface area (Å²) in [6.07, 6.45) is 2.07. The van der Waals surface area contributed by atoms with E-state index in [0.29, 0.717) is 19.2 Å². The van der Waals surface area contributed by atoms with Crippen LogP contribution in [0, 0.1) is 0 Å². The van der Waals surface area contributed by atoms with Crippen LogP contribution in [-0.4, -0.2) is 49.2 Å². The van der Waals surface area contributed by atoms with Crippen LogP contribution in [-0.2, 0) is 9.53 Å². The van der Waals surface area contributed by atoms with Crippen LogP contribution in [0.1, 0.15) is 47.5 Å². The van der Waals surface area contributed by atoms with Crippen LogP contribution < -0.4 is 5.32 Å². The normalized spacial score (nSPS) is 16.4. The molecule has 4 heteroatoms. The highest BCUT2D eigenvalue weighted by Gasteiger charge is 2.35. The molecule has 0 amide bonds. The van der Waals surface area contributed by atoms with Crippen molar-refractivity contribution in [1.29, 1.82) is 0 Å². The van der Waals surface area contributed by atoms with Crippen LogP contribution in [0.15, 0.2) is 0 Å². The van der Waals surface area contributed by atoms with E-state index in [1.165, 1.54) is 0 Å². The summed E-state index contributed by atoms with van der Waals surface area (Å²) in [4.78, 5) is 14.3. The van der Waals surface area contributed by atoms with Crippen molar-refractivity contribution in [3.8, 4) is 0 Å². The third-order valence-corrected chi connectivity index (χ3v) is 3.40. The summed E-state index contributed by atoms with van der Waals surface area (Å²) in [6.45, 7) is 12.1. The Kier molecular flexibility index (Phi) is 8.20. The number of carbonyl (C=O) groups is 1. The van der Waals surface area contributed by atoms with E-state index in [4.69, 9.17) is 4.74 Å². The third kappa shape index (κ3) is 5.36. The van der Waals surface area contributed by atoms with Gasteiger partial charge in [0.05, 0.1) is 6.61 Å². The van der Waals surface area contributed by atoms with Crippen molar-refractivity contribution in [3.63, 3.8) is 0 Å². The molecular formula is C14H30N2O2. The Morgan fingerprint density at radius 3 is 2.44 bits per heavy atom. The monoisotopic (exact) mass is 258 g/mol. The lowest BCUT2D eigenvalue weighted by Gasteiger charge is -2.35. The average molecular weight is 258 g/mol. The van der Waals surface area contributed by atoms with Crippen molar-refractivity contribution in [2.24, 2.45) is 0 Å². The molecule has 0 saturated heterocycles. The van der Waals surface area contributed by atoms with E-state index in [1.54, 1.807) is 0 Å². The minimum atomic E-state index is -0.621. The lowest BCUT2D eigenvalue weighted by molar-refractivity contribution is -0.151. The molecular weight excluding hydrogens is 228 g/mol. The van der Waals surface area contributed by atoms with Gasteiger partial charge in [0, 0.05) is 12.6 Å². The zero-order valence-electron chi connectivity index (χ0n) is 12.9. The SMILES string of the molecule is CCCNC(C)(CN(C)C(C)CC)C(=O)OCC. The molecule has 0 aromatic carbocycles. The highest BCUT2D eigenvalue weighted by Crippen LogP contribution is 2.12. The van der Waals surface area contributed by atoms with Crippen LogP contribution in [0.4, 0.5) is 0 Å². The van der Waals surface area contributed by atoms with Gasteiger partial charge in [0.1, 0.15) is 5.54 Å². The molecule has 0 fully saturated rings. The van der Waals surface area contributed by atoms with E-state index in [-0.39, 0.29) is 5.97 Å². The van der Waals surface area contributed by atoms with Crippen LogP contribution in [0.3, 0.4) is 0 Å². The standard InChI is InChI=1S/C14H30N2O2/c1-7-10-15-14(5,13(17)18-9-3)11-16(6)12(4)8-2/h12,15H,7-11H2,1-6H3. The molecule has 0 aromatic rings. The fourth-order valence-corrected chi connectivity index (χ4v) is 1.85. The Morgan fingerprint density at radius 1 is 1.39 bits per heavy atom. The second kappa shape index (κ2) is 8.48. The summed E-state index contributed by atoms with van der Waals surface area (Å²) in [6, 6.07) is 0.460. The first kappa shape index (κ1) is 17.4. The Bertz CT molecular complexity index is 246. The molecule has 108 valence electrons. The van der Waals surface area contributed by atoms with E-state index >= 15 is 0 Å². The van der Waals surface area contributed by atoms with E-state index in [9.17, 15) is 4.79 Å². The van der Waals surface area contributed by atoms with Gasteiger partial charge in [-0.3, -0.25) is 4.79 Å². The molecule has 2 unspecified atom stereocenters. The van der Waals surface area contributed by atoms with E-state index < -0.39 is 5.54 Å². The second-order valence-electron chi connectivity index (χ2n) is 5.15. The summed E-state index contributed by atoms with van der Waals surface area (Å²) in [5.41, 5.74) is -0.621. The van der Waals surface area contributed by atoms with Gasteiger partial charge in [0.2, 0.25) is 0 Å². The predicted octanol–water partition coefficient (Wildman–Crippen LogP) is 2.04. The van der Waals surface area contributed by atoms with Crippen LogP contribution >= 0.6 is 0 Å². The highest BCUT2D eigenvalue weighted by atomic mass is 16.5. The minimum Gasteiger partial charge on any atom is -0.465 e. The summed E-state index contributed by atoms with van der Waals surface area (Å²) < 4.78 is 5.19. The molecule has 4 nitrogen and oxygen atoms in total. The van der Waals surface area contributed by atoms with Crippen LogP contribution in [0.25, 0.3) is 0 Å². The minimum absolute atomic E-state index is 0.159. The molecule has 0 heterocycles. The third-order valence-electron chi connectivity index (χ3n) is 3.40. The molecule has 18 heavy (non-hydrogen) atoms. The maximum absolute atomic E-state index is 12.1. The molecule has 0 aliphatic rings. The first-order valence-corrected chi connectivity index (χ1v) is 7.03. The number of likely N-dealkylation sites (N-methyl/N-ethyl adjacent to an activating group) is 1. The van der Waals surface area contributed by atoms with Gasteiger partial charge in [0.25, 0.3) is 0 Å². The zero-order valence-corrected chi connectivity index (χ0v) is 12.9. The number of rotatable bonds is 9. The van der Waals surface area contributed by atoms with Gasteiger partial charge in [-0.2, -0.15) is 0 Å². The zero-order chi connectivity index (χ0) is 14.2. The molecule has 0 bridgehead atoms. The molecule has 0 radical (unpaired) electrons. The van der Waals surface area contributed by atoms with Gasteiger partial charge in [0.15, 0.2) is 0 Å². The predicted molar refractivity (Wildman–Crippen MR) is 75.7 cm³/mol. The maximum atomic E-state index is 12.1. The number of esters is 1. The number of carbonyl (C=O) groups excluding carboxylic acids is 1. The topological polar surface area (TPSA) is 41.6 Å². The largest absolute Gasteiger partial charge is 0.465 e. The number of nitrogens with zero attached hydrogens (tertiary/aromatic N) is 1. The first-order chi connectivity index (χ1) is 8.41. The summed E-state index contributed by atoms with van der Waals surface area (Å²) in [7, 11) is 2.05. The Labute approximate surface area is 112 Å². The molecule has 0 aromatic heterocycles. The molecule has 1 N–H and O–H groups in total. The summed E-state index contributed by atoms with van der Waals surface area (Å²) >= 11 is 0. The Balaban J connectivity index is 4.69. The first-order valence-electron chi connectivity index (χ1n) is 7.03. The van der Waals surface area contributed by atoms with E-state index in [2.05, 4.69) is 38.0 Å². The Morgan fingerprint density at radius 2 is 2.00 bits per heavy atom. The summed E-state index contributed by atoms with van der Waals surface area (Å²) in [5.74, 6) is -0.159. The number of nitrogens with one attached hydrogen (secondary N) is 1. The summed E-state index contributed by atoms with van der Waals surface area (Å²) in [5, 5.41) is 3.32. The van der Waals surface area contributed by atoms with Crippen molar-refractivity contribution in [3.05, 3.63) is 0 Å². The number of hydrogen-bond donors (Lipinski definition) is 1. The molecule has 0 spiro atoms. The van der Waals surface area contributed by atoms with Crippen molar-refractivity contribution in [2.75, 3.05) is 26.7 Å². The van der Waals surface area contributed by atoms with Gasteiger partial charge >= 0.3 is 5.97 Å². The highest BCUT2D eigenvalue weighted by molar-refractivity contribution is 5.80. The van der Waals surface area contributed by atoms with Gasteiger partial charge in [-0.25, -0.2) is 0 Å². The number of hydrogen-bond acceptors (Lipinski definition) is 4. The second-order valence-corrected chi connectivity index (χ2v) is 5.15. The molecule has 0 aliphatic heterocycles. The maximum Gasteiger partial charge on any atom is 0.327 e. The van der Waals surface area contributed by atoms with Gasteiger partial charge in [-0.1, -0.05) is 13.8 Å². The fourth-order valence-electron chi connectivity index (χ4n) is 1.85. The van der Waals surface area contributed by atoms with Gasteiger partial charge in [-0.15, -0.1) is 0 Å². The smallest absolute Gasteiger partial charge is 0.327 e. The van der Waals surface area contributed by atoms with Crippen molar-refractivity contribution >= 4 is 5.97 Å². The molecule has 0 rings (SSSR count). The van der Waals surface area contributed by atoms with Crippen LogP contribution in [0.2, 0.25) is 0 Å². The van der Waals surface area contributed by atoms with Crippen molar-refractivity contribution in [2.45, 2.75) is 59.0 Å². The van der Waals surface area contributed by atoms with Crippen molar-refractivity contribution in [1.82, 2.24) is 10.2 Å². The molecule has 0 aliphatic carbocycles. The van der Waals surface area contributed by atoms with Crippen molar-refractivity contribution < 1.29 is 9.53 Å². The van der Waals surface area contributed by atoms with Gasteiger partial charge < -0.3 is 15.0 Å². The van der Waals surface area contributed by atoms with E-state index in [0.717, 1.165) is 19.4 Å². The van der Waals surface area contributed by atoms with E-state index in [1.807, 2.05) is 13.8 Å². The molecule has 2 atom stereocenters. The fraction of sp³-hybridized carbons (Fsp3) is 0.929. The molecule has 0 saturated carbocycles. The van der Waals surface area contributed by atoms with Gasteiger partial charge in [-0.05, 0) is 47.2 Å². The van der Waals surface area contributed by atoms with Crippen LogP contribution in [0.5, 0.6) is 0 Å².